The van der Waals surface area contributed by atoms with Gasteiger partial charge < -0.3 is 19.9 Å². The second-order valence-corrected chi connectivity index (χ2v) is 10.6. The van der Waals surface area contributed by atoms with Gasteiger partial charge in [-0.05, 0) is 82.1 Å². The third kappa shape index (κ3) is 4.02. The van der Waals surface area contributed by atoms with Gasteiger partial charge in [0.25, 0.3) is 5.91 Å². The summed E-state index contributed by atoms with van der Waals surface area (Å²) in [5.74, 6) is 4.19. The van der Waals surface area contributed by atoms with Crippen LogP contribution in [0.2, 0.25) is 0 Å². The Bertz CT molecular complexity index is 636. The van der Waals surface area contributed by atoms with E-state index in [1.54, 1.807) is 0 Å². The fourth-order valence-corrected chi connectivity index (χ4v) is 6.96. The molecule has 0 bridgehead atoms. The first kappa shape index (κ1) is 20.7. The van der Waals surface area contributed by atoms with Crippen molar-refractivity contribution in [3.05, 3.63) is 0 Å². The van der Waals surface area contributed by atoms with Gasteiger partial charge in [-0.1, -0.05) is 0 Å². The number of hydrogen-bond acceptors (Lipinski definition) is 4. The van der Waals surface area contributed by atoms with E-state index in [9.17, 15) is 9.59 Å². The molecule has 3 saturated heterocycles. The van der Waals surface area contributed by atoms with Gasteiger partial charge in [0.15, 0.2) is 0 Å². The second kappa shape index (κ2) is 8.78. The highest BCUT2D eigenvalue weighted by molar-refractivity contribution is 5.82. The van der Waals surface area contributed by atoms with Gasteiger partial charge in [0, 0.05) is 44.6 Å². The molecule has 2 amide bonds. The van der Waals surface area contributed by atoms with Crippen molar-refractivity contribution in [2.24, 2.45) is 29.6 Å². The van der Waals surface area contributed by atoms with Crippen molar-refractivity contribution < 1.29 is 14.3 Å². The third-order valence-corrected chi connectivity index (χ3v) is 9.10. The average Bonchev–Trinajstić information content (AvgIpc) is 3.12. The van der Waals surface area contributed by atoms with Crippen LogP contribution in [0.25, 0.3) is 0 Å². The summed E-state index contributed by atoms with van der Waals surface area (Å²) in [7, 11) is 0. The Morgan fingerprint density at radius 3 is 2.03 bits per heavy atom. The molecule has 0 aromatic rings. The van der Waals surface area contributed by atoms with Gasteiger partial charge in [0.2, 0.25) is 5.91 Å². The molecular formula is C24H39N3O3. The monoisotopic (exact) mass is 417 g/mol. The molecule has 6 nitrogen and oxygen atoms in total. The minimum atomic E-state index is -0.222. The average molecular weight is 418 g/mol. The van der Waals surface area contributed by atoms with E-state index >= 15 is 0 Å². The van der Waals surface area contributed by atoms with Gasteiger partial charge in [0.05, 0.1) is 6.61 Å². The van der Waals surface area contributed by atoms with Crippen molar-refractivity contribution in [3.63, 3.8) is 0 Å². The van der Waals surface area contributed by atoms with Crippen LogP contribution in [0.1, 0.15) is 58.3 Å². The zero-order valence-corrected chi connectivity index (χ0v) is 18.6. The predicted octanol–water partition coefficient (Wildman–Crippen LogP) is 2.28. The molecule has 6 heteroatoms. The largest absolute Gasteiger partial charge is 0.368 e. The molecule has 2 aliphatic carbocycles. The van der Waals surface area contributed by atoms with E-state index in [-0.39, 0.29) is 17.9 Å². The lowest BCUT2D eigenvalue weighted by Gasteiger charge is -2.42. The van der Waals surface area contributed by atoms with Crippen LogP contribution in [0, 0.1) is 29.6 Å². The standard InChI is InChI=1S/C24H39N3O3/c1-16-21-14-19(6-7-20(21)15-25-16)17-2-4-18(5-3-17)23(28)26-9-11-27(12-10-26)24(29)22-8-13-30-22/h16-22,25H,2-15H2,1H3. The van der Waals surface area contributed by atoms with Crippen LogP contribution >= 0.6 is 0 Å². The second-order valence-electron chi connectivity index (χ2n) is 10.6. The first-order valence-corrected chi connectivity index (χ1v) is 12.5. The van der Waals surface area contributed by atoms with Crippen LogP contribution in [0.4, 0.5) is 0 Å². The number of fused-ring (bicyclic) bond motifs is 1. The highest BCUT2D eigenvalue weighted by atomic mass is 16.5. The molecule has 3 heterocycles. The molecule has 168 valence electrons. The fraction of sp³-hybridized carbons (Fsp3) is 0.917. The van der Waals surface area contributed by atoms with Gasteiger partial charge in [0.1, 0.15) is 6.10 Å². The summed E-state index contributed by atoms with van der Waals surface area (Å²) in [5.41, 5.74) is 0. The number of hydrogen-bond donors (Lipinski definition) is 1. The highest BCUT2D eigenvalue weighted by Gasteiger charge is 2.42. The van der Waals surface area contributed by atoms with Crippen molar-refractivity contribution in [2.75, 3.05) is 39.3 Å². The van der Waals surface area contributed by atoms with Crippen LogP contribution in [-0.4, -0.2) is 73.1 Å². The molecule has 5 unspecified atom stereocenters. The Morgan fingerprint density at radius 1 is 0.800 bits per heavy atom. The molecule has 0 spiro atoms. The van der Waals surface area contributed by atoms with Crippen molar-refractivity contribution in [3.8, 4) is 0 Å². The van der Waals surface area contributed by atoms with Crippen LogP contribution in [0.15, 0.2) is 0 Å². The third-order valence-electron chi connectivity index (χ3n) is 9.10. The van der Waals surface area contributed by atoms with E-state index in [0.717, 1.165) is 42.9 Å². The van der Waals surface area contributed by atoms with E-state index in [2.05, 4.69) is 12.2 Å². The Morgan fingerprint density at radius 2 is 1.40 bits per heavy atom. The Kier molecular flexibility index (Phi) is 6.07. The van der Waals surface area contributed by atoms with E-state index in [1.807, 2.05) is 9.80 Å². The Labute approximate surface area is 181 Å². The number of carbonyl (C=O) groups is 2. The van der Waals surface area contributed by atoms with Gasteiger partial charge >= 0.3 is 0 Å². The first-order chi connectivity index (χ1) is 14.6. The zero-order valence-electron chi connectivity index (χ0n) is 18.6. The lowest BCUT2D eigenvalue weighted by molar-refractivity contribution is -0.159. The van der Waals surface area contributed by atoms with Crippen molar-refractivity contribution in [1.29, 1.82) is 0 Å². The van der Waals surface area contributed by atoms with Gasteiger partial charge in [-0.2, -0.15) is 0 Å². The van der Waals surface area contributed by atoms with Gasteiger partial charge in [-0.15, -0.1) is 0 Å². The van der Waals surface area contributed by atoms with E-state index in [4.69, 9.17) is 4.74 Å². The van der Waals surface area contributed by atoms with Gasteiger partial charge in [-0.25, -0.2) is 0 Å². The van der Waals surface area contributed by atoms with Crippen LogP contribution < -0.4 is 5.32 Å². The first-order valence-electron chi connectivity index (χ1n) is 12.5. The van der Waals surface area contributed by atoms with E-state index in [1.165, 1.54) is 38.6 Å². The summed E-state index contributed by atoms with van der Waals surface area (Å²) >= 11 is 0. The highest BCUT2D eigenvalue weighted by Crippen LogP contribution is 2.46. The molecule has 1 N–H and O–H groups in total. The molecule has 5 fully saturated rings. The maximum absolute atomic E-state index is 13.1. The minimum Gasteiger partial charge on any atom is -0.368 e. The Hall–Kier alpha value is -1.14. The zero-order chi connectivity index (χ0) is 20.7. The lowest BCUT2D eigenvalue weighted by atomic mass is 9.65. The summed E-state index contributed by atoms with van der Waals surface area (Å²) in [6.07, 6.45) is 9.44. The van der Waals surface area contributed by atoms with E-state index in [0.29, 0.717) is 44.7 Å². The fourth-order valence-electron chi connectivity index (χ4n) is 6.96. The maximum Gasteiger partial charge on any atom is 0.251 e. The smallest absolute Gasteiger partial charge is 0.251 e. The quantitative estimate of drug-likeness (QED) is 0.765. The Balaban J connectivity index is 1.07. The molecule has 5 aliphatic rings. The van der Waals surface area contributed by atoms with Crippen LogP contribution in [-0.2, 0) is 14.3 Å². The molecule has 0 aromatic carbocycles. The molecule has 0 radical (unpaired) electrons. The topological polar surface area (TPSA) is 61.9 Å². The molecule has 2 saturated carbocycles. The van der Waals surface area contributed by atoms with Gasteiger partial charge in [-0.3, -0.25) is 9.59 Å². The predicted molar refractivity (Wildman–Crippen MR) is 115 cm³/mol. The van der Waals surface area contributed by atoms with Crippen LogP contribution in [0.3, 0.4) is 0 Å². The summed E-state index contributed by atoms with van der Waals surface area (Å²) in [6, 6.07) is 0.692. The van der Waals surface area contributed by atoms with Crippen molar-refractivity contribution in [1.82, 2.24) is 15.1 Å². The molecule has 5 atom stereocenters. The number of piperazine rings is 1. The number of ether oxygens (including phenoxy) is 1. The normalized spacial score (nSPS) is 41.8. The summed E-state index contributed by atoms with van der Waals surface area (Å²) in [6.45, 7) is 7.01. The molecular weight excluding hydrogens is 378 g/mol. The SMILES string of the molecule is CC1NCC2CCC(C3CCC(C(=O)N4CCN(C(=O)C5CCO5)CC4)CC3)CC21. The van der Waals surface area contributed by atoms with Crippen molar-refractivity contribution in [2.45, 2.75) is 70.4 Å². The number of nitrogens with zero attached hydrogens (tertiary/aromatic N) is 2. The van der Waals surface area contributed by atoms with Crippen molar-refractivity contribution >= 4 is 11.8 Å². The molecule has 3 aliphatic heterocycles. The molecule has 5 rings (SSSR count). The molecule has 0 aromatic heterocycles. The summed E-state index contributed by atoms with van der Waals surface area (Å²) in [4.78, 5) is 29.3. The number of nitrogens with one attached hydrogen (secondary N) is 1. The minimum absolute atomic E-state index is 0.121. The number of amides is 2. The lowest BCUT2D eigenvalue weighted by Crippen LogP contribution is -2.55. The van der Waals surface area contributed by atoms with E-state index < -0.39 is 0 Å². The summed E-state index contributed by atoms with van der Waals surface area (Å²) < 4.78 is 5.33. The number of rotatable bonds is 3. The summed E-state index contributed by atoms with van der Waals surface area (Å²) in [5, 5.41) is 3.68. The van der Waals surface area contributed by atoms with Crippen LogP contribution in [0.5, 0.6) is 0 Å². The number of carbonyl (C=O) groups excluding carboxylic acids is 2. The maximum atomic E-state index is 13.1. The molecule has 30 heavy (non-hydrogen) atoms.